The fourth-order valence-corrected chi connectivity index (χ4v) is 0.354. The average molecular weight is 99.9 g/mol. The van der Waals surface area contributed by atoms with Gasteiger partial charge in [0.25, 0.3) is 0 Å². The van der Waals surface area contributed by atoms with Crippen molar-refractivity contribution in [1.82, 2.24) is 0 Å². The third kappa shape index (κ3) is 2.72. The lowest BCUT2D eigenvalue weighted by molar-refractivity contribution is 0.906. The molecule has 0 aliphatic carbocycles. The maximum Gasteiger partial charge on any atom is 0.104 e. The van der Waals surface area contributed by atoms with Gasteiger partial charge in [-0.3, -0.25) is 0 Å². The second-order valence-corrected chi connectivity index (χ2v) is 2.79. The standard InChI is InChI=1S/C4H10BP/c1-3-4(2)6-5/h4,6H,3H2,1-2H3. The van der Waals surface area contributed by atoms with Crippen molar-refractivity contribution in [3.8, 4) is 0 Å². The van der Waals surface area contributed by atoms with E-state index in [1.165, 1.54) is 6.42 Å². The molecular weight excluding hydrogens is 89.8 g/mol. The van der Waals surface area contributed by atoms with Gasteiger partial charge in [-0.25, -0.2) is 0 Å². The third-order valence-corrected chi connectivity index (χ3v) is 1.87. The van der Waals surface area contributed by atoms with Crippen LogP contribution >= 0.6 is 8.46 Å². The fourth-order valence-electron chi connectivity index (χ4n) is 0.118. The topological polar surface area (TPSA) is 0 Å². The van der Waals surface area contributed by atoms with E-state index in [-0.39, 0.29) is 0 Å². The van der Waals surface area contributed by atoms with Crippen molar-refractivity contribution in [3.63, 3.8) is 0 Å². The molecule has 0 aromatic heterocycles. The number of hydrogen-bond donors (Lipinski definition) is 0. The first-order chi connectivity index (χ1) is 2.81. The van der Waals surface area contributed by atoms with Crippen LogP contribution in [0.15, 0.2) is 0 Å². The van der Waals surface area contributed by atoms with Crippen LogP contribution in [0, 0.1) is 0 Å². The highest BCUT2D eigenvalue weighted by molar-refractivity contribution is 7.66. The lowest BCUT2D eigenvalue weighted by Crippen LogP contribution is -1.86. The lowest BCUT2D eigenvalue weighted by atomic mass is 10.4. The first-order valence-electron chi connectivity index (χ1n) is 2.27. The van der Waals surface area contributed by atoms with E-state index in [1.54, 1.807) is 0 Å². The highest BCUT2D eigenvalue weighted by atomic mass is 31.1. The van der Waals surface area contributed by atoms with Crippen molar-refractivity contribution in [2.24, 2.45) is 0 Å². The van der Waals surface area contributed by atoms with Crippen LogP contribution in [0.4, 0.5) is 0 Å². The molecule has 0 aromatic rings. The van der Waals surface area contributed by atoms with Crippen LogP contribution < -0.4 is 0 Å². The molecule has 34 valence electrons. The molecule has 0 nitrogen and oxygen atoms in total. The van der Waals surface area contributed by atoms with Crippen LogP contribution in [-0.4, -0.2) is 13.2 Å². The minimum Gasteiger partial charge on any atom is -0.169 e. The summed E-state index contributed by atoms with van der Waals surface area (Å²) >= 11 is 0. The molecule has 0 amide bonds. The Morgan fingerprint density at radius 2 is 2.33 bits per heavy atom. The quantitative estimate of drug-likeness (QED) is 0.364. The largest absolute Gasteiger partial charge is 0.169 e. The summed E-state index contributed by atoms with van der Waals surface area (Å²) in [5.41, 5.74) is 0.741. The summed E-state index contributed by atoms with van der Waals surface area (Å²) in [6.45, 7) is 4.32. The summed E-state index contributed by atoms with van der Waals surface area (Å²) in [5, 5.41) is 0. The molecule has 0 rings (SSSR count). The Balaban J connectivity index is 2.75. The summed E-state index contributed by atoms with van der Waals surface area (Å²) in [6, 6.07) is 0. The summed E-state index contributed by atoms with van der Waals surface area (Å²) in [5.74, 6) is 0. The van der Waals surface area contributed by atoms with E-state index in [0.717, 1.165) is 5.66 Å². The Bertz CT molecular complexity index is 26.7. The molecule has 2 unspecified atom stereocenters. The molecule has 0 aromatic carbocycles. The Morgan fingerprint density at radius 1 is 1.83 bits per heavy atom. The van der Waals surface area contributed by atoms with E-state index >= 15 is 0 Å². The molecule has 0 saturated carbocycles. The average Bonchev–Trinajstić information content (AvgIpc) is 1.65. The van der Waals surface area contributed by atoms with Crippen molar-refractivity contribution in [3.05, 3.63) is 0 Å². The van der Waals surface area contributed by atoms with E-state index in [0.29, 0.717) is 8.46 Å². The molecular formula is C4H10BP. The van der Waals surface area contributed by atoms with Crippen LogP contribution in [0.2, 0.25) is 0 Å². The normalized spacial score (nSPS) is 16.3. The van der Waals surface area contributed by atoms with Crippen molar-refractivity contribution >= 4 is 16.0 Å². The Hall–Kier alpha value is 0.495. The Morgan fingerprint density at radius 3 is 2.33 bits per heavy atom. The monoisotopic (exact) mass is 100 g/mol. The summed E-state index contributed by atoms with van der Waals surface area (Å²) in [7, 11) is 5.94. The molecule has 0 spiro atoms. The van der Waals surface area contributed by atoms with Crippen molar-refractivity contribution in [1.29, 1.82) is 0 Å². The fraction of sp³-hybridized carbons (Fsp3) is 1.00. The molecule has 2 radical (unpaired) electrons. The lowest BCUT2D eigenvalue weighted by Gasteiger charge is -1.99. The van der Waals surface area contributed by atoms with Crippen LogP contribution in [0.5, 0.6) is 0 Å². The van der Waals surface area contributed by atoms with Gasteiger partial charge in [-0.2, -0.15) is 8.46 Å². The van der Waals surface area contributed by atoms with Crippen LogP contribution in [-0.2, 0) is 0 Å². The first kappa shape index (κ1) is 6.49. The zero-order chi connectivity index (χ0) is 4.99. The van der Waals surface area contributed by atoms with Gasteiger partial charge < -0.3 is 0 Å². The maximum atomic E-state index is 5.31. The Labute approximate surface area is 42.9 Å². The molecule has 2 heteroatoms. The van der Waals surface area contributed by atoms with E-state index in [9.17, 15) is 0 Å². The Kier molecular flexibility index (Phi) is 3.98. The van der Waals surface area contributed by atoms with Gasteiger partial charge in [-0.05, 0) is 5.66 Å². The van der Waals surface area contributed by atoms with Gasteiger partial charge in [-0.1, -0.05) is 20.3 Å². The van der Waals surface area contributed by atoms with E-state index in [1.807, 2.05) is 0 Å². The van der Waals surface area contributed by atoms with Crippen LogP contribution in [0.1, 0.15) is 20.3 Å². The summed E-state index contributed by atoms with van der Waals surface area (Å²) < 4.78 is 0. The second-order valence-electron chi connectivity index (χ2n) is 1.48. The summed E-state index contributed by atoms with van der Waals surface area (Å²) in [4.78, 5) is 0. The molecule has 6 heavy (non-hydrogen) atoms. The van der Waals surface area contributed by atoms with E-state index in [4.69, 9.17) is 7.57 Å². The maximum absolute atomic E-state index is 5.31. The van der Waals surface area contributed by atoms with Gasteiger partial charge in [0.2, 0.25) is 0 Å². The SMILES string of the molecule is [B]PC(C)CC. The minimum atomic E-state index is 0.632. The first-order valence-corrected chi connectivity index (χ1v) is 3.42. The third-order valence-electron chi connectivity index (χ3n) is 0.897. The predicted octanol–water partition coefficient (Wildman–Crippen LogP) is 1.55. The van der Waals surface area contributed by atoms with Crippen molar-refractivity contribution in [2.45, 2.75) is 25.9 Å². The zero-order valence-corrected chi connectivity index (χ0v) is 5.36. The van der Waals surface area contributed by atoms with Crippen molar-refractivity contribution in [2.75, 3.05) is 0 Å². The molecule has 0 aliphatic heterocycles. The second kappa shape index (κ2) is 3.68. The van der Waals surface area contributed by atoms with Gasteiger partial charge in [-0.15, -0.1) is 0 Å². The minimum absolute atomic E-state index is 0.632. The van der Waals surface area contributed by atoms with E-state index in [2.05, 4.69) is 13.8 Å². The molecule has 0 fully saturated rings. The van der Waals surface area contributed by atoms with E-state index < -0.39 is 0 Å². The highest BCUT2D eigenvalue weighted by Gasteiger charge is 1.87. The van der Waals surface area contributed by atoms with Gasteiger partial charge in [0.15, 0.2) is 0 Å². The number of rotatable bonds is 2. The van der Waals surface area contributed by atoms with Gasteiger partial charge in [0, 0.05) is 0 Å². The highest BCUT2D eigenvalue weighted by Crippen LogP contribution is 2.13. The molecule has 0 N–H and O–H groups in total. The number of hydrogen-bond acceptors (Lipinski definition) is 0. The molecule has 0 saturated heterocycles. The van der Waals surface area contributed by atoms with Gasteiger partial charge in [0.05, 0.1) is 0 Å². The van der Waals surface area contributed by atoms with Crippen LogP contribution in [0.25, 0.3) is 0 Å². The molecule has 0 bridgehead atoms. The van der Waals surface area contributed by atoms with Crippen LogP contribution in [0.3, 0.4) is 0 Å². The molecule has 0 heterocycles. The van der Waals surface area contributed by atoms with Gasteiger partial charge >= 0.3 is 0 Å². The van der Waals surface area contributed by atoms with Crippen molar-refractivity contribution < 1.29 is 0 Å². The summed E-state index contributed by atoms with van der Waals surface area (Å²) in [6.07, 6.45) is 1.22. The zero-order valence-electron chi connectivity index (χ0n) is 4.36. The molecule has 2 atom stereocenters. The molecule has 0 aliphatic rings. The smallest absolute Gasteiger partial charge is 0.104 e. The van der Waals surface area contributed by atoms with Gasteiger partial charge in [0.1, 0.15) is 7.57 Å². The predicted molar refractivity (Wildman–Crippen MR) is 33.8 cm³/mol.